The predicted molar refractivity (Wildman–Crippen MR) is 83.2 cm³/mol. The molecule has 1 aromatic carbocycles. The first kappa shape index (κ1) is 17.4. The van der Waals surface area contributed by atoms with Crippen LogP contribution >= 0.6 is 11.6 Å². The first-order valence-corrected chi connectivity index (χ1v) is 8.44. The lowest BCUT2D eigenvalue weighted by molar-refractivity contribution is 0.252. The molecule has 114 valence electrons. The summed E-state index contributed by atoms with van der Waals surface area (Å²) >= 11 is 6.00. The van der Waals surface area contributed by atoms with Gasteiger partial charge >= 0.3 is 0 Å². The second-order valence-corrected chi connectivity index (χ2v) is 8.10. The fraction of sp³-hybridized carbons (Fsp3) is 0.571. The molecular weight excluding hydrogens is 296 g/mol. The zero-order chi connectivity index (χ0) is 15.6. The van der Waals surface area contributed by atoms with E-state index in [4.69, 9.17) is 17.3 Å². The van der Waals surface area contributed by atoms with Gasteiger partial charge in [0.15, 0.2) is 0 Å². The first-order chi connectivity index (χ1) is 9.10. The normalized spacial score (nSPS) is 12.9. The van der Waals surface area contributed by atoms with Crippen LogP contribution in [0.2, 0.25) is 5.02 Å². The highest BCUT2D eigenvalue weighted by molar-refractivity contribution is 7.89. The van der Waals surface area contributed by atoms with Crippen LogP contribution in [0.5, 0.6) is 0 Å². The van der Waals surface area contributed by atoms with Gasteiger partial charge in [0.2, 0.25) is 10.0 Å². The van der Waals surface area contributed by atoms with Crippen LogP contribution in [0.3, 0.4) is 0 Å². The van der Waals surface area contributed by atoms with Gasteiger partial charge in [-0.15, -0.1) is 0 Å². The van der Waals surface area contributed by atoms with E-state index in [1.807, 2.05) is 13.8 Å². The van der Waals surface area contributed by atoms with Gasteiger partial charge in [-0.3, -0.25) is 0 Å². The summed E-state index contributed by atoms with van der Waals surface area (Å²) in [6, 6.07) is 4.61. The topological polar surface area (TPSA) is 72.2 Å². The van der Waals surface area contributed by atoms with Gasteiger partial charge in [-0.25, -0.2) is 13.1 Å². The van der Waals surface area contributed by atoms with E-state index in [0.29, 0.717) is 17.5 Å². The van der Waals surface area contributed by atoms with E-state index in [-0.39, 0.29) is 16.9 Å². The van der Waals surface area contributed by atoms with Gasteiger partial charge in [-0.1, -0.05) is 45.4 Å². The van der Waals surface area contributed by atoms with Crippen molar-refractivity contribution in [2.75, 3.05) is 6.54 Å². The quantitative estimate of drug-likeness (QED) is 0.847. The lowest BCUT2D eigenvalue weighted by Crippen LogP contribution is -2.36. The van der Waals surface area contributed by atoms with Crippen molar-refractivity contribution in [3.63, 3.8) is 0 Å². The molecule has 0 saturated carbocycles. The molecule has 6 heteroatoms. The van der Waals surface area contributed by atoms with Crippen LogP contribution in [0.4, 0.5) is 0 Å². The molecule has 1 rings (SSSR count). The number of halogens is 1. The minimum absolute atomic E-state index is 0.117. The van der Waals surface area contributed by atoms with E-state index >= 15 is 0 Å². The number of hydrogen-bond donors (Lipinski definition) is 2. The van der Waals surface area contributed by atoms with Crippen LogP contribution in [-0.4, -0.2) is 15.0 Å². The van der Waals surface area contributed by atoms with E-state index in [0.717, 1.165) is 5.56 Å². The van der Waals surface area contributed by atoms with Crippen LogP contribution < -0.4 is 10.5 Å². The van der Waals surface area contributed by atoms with Crippen molar-refractivity contribution in [3.8, 4) is 0 Å². The van der Waals surface area contributed by atoms with Crippen molar-refractivity contribution in [3.05, 3.63) is 28.8 Å². The Hall–Kier alpha value is -0.620. The van der Waals surface area contributed by atoms with Crippen LogP contribution in [0.1, 0.15) is 33.3 Å². The molecule has 0 heterocycles. The number of nitrogens with one attached hydrogen (secondary N) is 1. The Morgan fingerprint density at radius 1 is 1.35 bits per heavy atom. The molecule has 0 radical (unpaired) electrons. The molecule has 0 amide bonds. The van der Waals surface area contributed by atoms with E-state index in [9.17, 15) is 8.42 Å². The maximum absolute atomic E-state index is 12.3. The minimum atomic E-state index is -3.55. The Morgan fingerprint density at radius 2 is 1.95 bits per heavy atom. The summed E-state index contributed by atoms with van der Waals surface area (Å²) in [7, 11) is -3.55. The molecule has 0 spiro atoms. The molecule has 0 aromatic heterocycles. The van der Waals surface area contributed by atoms with Crippen molar-refractivity contribution in [2.45, 2.75) is 39.1 Å². The Morgan fingerprint density at radius 3 is 2.40 bits per heavy atom. The van der Waals surface area contributed by atoms with Crippen LogP contribution in [0.15, 0.2) is 23.1 Å². The van der Waals surface area contributed by atoms with Gasteiger partial charge in [-0.2, -0.15) is 0 Å². The molecule has 0 unspecified atom stereocenters. The largest absolute Gasteiger partial charge is 0.326 e. The third-order valence-electron chi connectivity index (χ3n) is 3.84. The van der Waals surface area contributed by atoms with Gasteiger partial charge in [0.25, 0.3) is 0 Å². The fourth-order valence-corrected chi connectivity index (χ4v) is 3.00. The molecule has 0 fully saturated rings. The molecule has 0 atom stereocenters. The standard InChI is InChI=1S/C14H23ClN2O2S/c1-10(2)14(3,4)9-17-20(18,19)12-6-5-11(8-16)13(15)7-12/h5-7,10,17H,8-9,16H2,1-4H3. The molecule has 3 N–H and O–H groups in total. The Bertz CT molecular complexity index is 569. The fourth-order valence-electron chi connectivity index (χ4n) is 1.43. The van der Waals surface area contributed by atoms with Gasteiger partial charge in [-0.05, 0) is 29.0 Å². The van der Waals surface area contributed by atoms with E-state index in [1.165, 1.54) is 12.1 Å². The number of sulfonamides is 1. The van der Waals surface area contributed by atoms with Gasteiger partial charge in [0, 0.05) is 18.1 Å². The van der Waals surface area contributed by atoms with Gasteiger partial charge in [0.05, 0.1) is 4.90 Å². The Kier molecular flexibility index (Phi) is 5.61. The molecule has 4 nitrogen and oxygen atoms in total. The number of rotatable bonds is 6. The summed E-state index contributed by atoms with van der Waals surface area (Å²) in [6.45, 7) is 8.87. The lowest BCUT2D eigenvalue weighted by atomic mass is 9.81. The van der Waals surface area contributed by atoms with Crippen molar-refractivity contribution >= 4 is 21.6 Å². The molecule has 20 heavy (non-hydrogen) atoms. The SMILES string of the molecule is CC(C)C(C)(C)CNS(=O)(=O)c1ccc(CN)c(Cl)c1. The predicted octanol–water partition coefficient (Wildman–Crippen LogP) is 2.76. The first-order valence-electron chi connectivity index (χ1n) is 6.58. The molecule has 0 bridgehead atoms. The third-order valence-corrected chi connectivity index (χ3v) is 5.59. The molecule has 0 saturated heterocycles. The highest BCUT2D eigenvalue weighted by atomic mass is 35.5. The summed E-state index contributed by atoms with van der Waals surface area (Å²) in [6.07, 6.45) is 0. The summed E-state index contributed by atoms with van der Waals surface area (Å²) in [4.78, 5) is 0.166. The Balaban J connectivity index is 2.92. The highest BCUT2D eigenvalue weighted by Gasteiger charge is 2.25. The van der Waals surface area contributed by atoms with Crippen LogP contribution in [0, 0.1) is 11.3 Å². The second kappa shape index (κ2) is 6.43. The van der Waals surface area contributed by atoms with Gasteiger partial charge in [0.1, 0.15) is 0 Å². The molecule has 0 aliphatic carbocycles. The smallest absolute Gasteiger partial charge is 0.240 e. The van der Waals surface area contributed by atoms with E-state index in [2.05, 4.69) is 18.6 Å². The monoisotopic (exact) mass is 318 g/mol. The zero-order valence-corrected chi connectivity index (χ0v) is 14.0. The highest BCUT2D eigenvalue weighted by Crippen LogP contribution is 2.26. The lowest BCUT2D eigenvalue weighted by Gasteiger charge is -2.29. The molecule has 1 aromatic rings. The average Bonchev–Trinajstić information content (AvgIpc) is 2.36. The van der Waals surface area contributed by atoms with Crippen molar-refractivity contribution in [1.29, 1.82) is 0 Å². The second-order valence-electron chi connectivity index (χ2n) is 5.93. The molecular formula is C14H23ClN2O2S. The van der Waals surface area contributed by atoms with Crippen molar-refractivity contribution < 1.29 is 8.42 Å². The van der Waals surface area contributed by atoms with Crippen LogP contribution in [-0.2, 0) is 16.6 Å². The molecule has 0 aliphatic heterocycles. The average molecular weight is 319 g/mol. The number of benzene rings is 1. The third kappa shape index (κ3) is 4.19. The van der Waals surface area contributed by atoms with Crippen LogP contribution in [0.25, 0.3) is 0 Å². The molecule has 0 aliphatic rings. The van der Waals surface area contributed by atoms with Gasteiger partial charge < -0.3 is 5.73 Å². The minimum Gasteiger partial charge on any atom is -0.326 e. The van der Waals surface area contributed by atoms with Crippen molar-refractivity contribution in [2.24, 2.45) is 17.1 Å². The van der Waals surface area contributed by atoms with E-state index in [1.54, 1.807) is 6.07 Å². The summed E-state index contributed by atoms with van der Waals surface area (Å²) in [5, 5.41) is 0.374. The maximum Gasteiger partial charge on any atom is 0.240 e. The Labute approximate surface area is 126 Å². The summed E-state index contributed by atoms with van der Waals surface area (Å²) in [5.74, 6) is 0.369. The summed E-state index contributed by atoms with van der Waals surface area (Å²) in [5.41, 5.74) is 6.12. The number of nitrogens with two attached hydrogens (primary N) is 1. The van der Waals surface area contributed by atoms with E-state index < -0.39 is 10.0 Å². The number of hydrogen-bond acceptors (Lipinski definition) is 3. The summed E-state index contributed by atoms with van der Waals surface area (Å²) < 4.78 is 27.1. The maximum atomic E-state index is 12.3. The zero-order valence-electron chi connectivity index (χ0n) is 12.4. The van der Waals surface area contributed by atoms with Crippen molar-refractivity contribution in [1.82, 2.24) is 4.72 Å².